The summed E-state index contributed by atoms with van der Waals surface area (Å²) in [6.45, 7) is 4.23. The molecule has 2 aromatic rings. The number of benzene rings is 1. The van der Waals surface area contributed by atoms with Crippen LogP contribution >= 0.6 is 11.6 Å². The molecule has 1 heterocycles. The van der Waals surface area contributed by atoms with Crippen molar-refractivity contribution in [2.24, 2.45) is 0 Å². The van der Waals surface area contributed by atoms with Gasteiger partial charge in [0.15, 0.2) is 0 Å². The van der Waals surface area contributed by atoms with Gasteiger partial charge in [-0.25, -0.2) is 0 Å². The summed E-state index contributed by atoms with van der Waals surface area (Å²) in [5.41, 5.74) is 3.07. The summed E-state index contributed by atoms with van der Waals surface area (Å²) in [4.78, 5) is 8.81. The van der Waals surface area contributed by atoms with Crippen LogP contribution in [0.4, 0.5) is 0 Å². The first-order valence-corrected chi connectivity index (χ1v) is 6.09. The van der Waals surface area contributed by atoms with Crippen LogP contribution in [0.3, 0.4) is 0 Å². The normalized spacial score (nSPS) is 10.8. The second-order valence-electron chi connectivity index (χ2n) is 4.36. The highest BCUT2D eigenvalue weighted by molar-refractivity contribution is 6.31. The second kappa shape index (κ2) is 5.28. The number of rotatable bonds is 3. The first kappa shape index (κ1) is 12.1. The van der Waals surface area contributed by atoms with E-state index >= 15 is 0 Å². The molecule has 17 heavy (non-hydrogen) atoms. The van der Waals surface area contributed by atoms with Crippen molar-refractivity contribution in [3.05, 3.63) is 58.6 Å². The molecule has 2 nitrogen and oxygen atoms in total. The van der Waals surface area contributed by atoms with Crippen LogP contribution in [0.25, 0.3) is 0 Å². The van der Waals surface area contributed by atoms with Gasteiger partial charge in [0.25, 0.3) is 0 Å². The minimum absolute atomic E-state index is 0.397. The summed E-state index contributed by atoms with van der Waals surface area (Å²) in [5, 5.41) is 0.782. The summed E-state index contributed by atoms with van der Waals surface area (Å²) in [7, 11) is 0. The van der Waals surface area contributed by atoms with Crippen LogP contribution < -0.4 is 0 Å². The minimum Gasteiger partial charge on any atom is -0.261 e. The molecule has 0 aliphatic heterocycles. The van der Waals surface area contributed by atoms with Crippen LogP contribution in [-0.4, -0.2) is 9.97 Å². The van der Waals surface area contributed by atoms with Gasteiger partial charge in [-0.3, -0.25) is 9.97 Å². The van der Waals surface area contributed by atoms with Crippen LogP contribution in [-0.2, 0) is 6.42 Å². The zero-order chi connectivity index (χ0) is 12.3. The Balaban J connectivity index is 2.25. The van der Waals surface area contributed by atoms with Crippen LogP contribution in [0.1, 0.15) is 36.7 Å². The summed E-state index contributed by atoms with van der Waals surface area (Å²) in [6.07, 6.45) is 4.35. The molecular weight excluding hydrogens is 232 g/mol. The molecule has 0 unspecified atom stereocenters. The van der Waals surface area contributed by atoms with Crippen molar-refractivity contribution >= 4 is 11.6 Å². The van der Waals surface area contributed by atoms with E-state index in [-0.39, 0.29) is 0 Å². The minimum atomic E-state index is 0.397. The van der Waals surface area contributed by atoms with E-state index in [0.29, 0.717) is 5.92 Å². The largest absolute Gasteiger partial charge is 0.261 e. The highest BCUT2D eigenvalue weighted by Gasteiger charge is 2.05. The Morgan fingerprint density at radius 3 is 2.65 bits per heavy atom. The predicted molar refractivity (Wildman–Crippen MR) is 70.4 cm³/mol. The highest BCUT2D eigenvalue weighted by atomic mass is 35.5. The van der Waals surface area contributed by atoms with Gasteiger partial charge in [0.1, 0.15) is 0 Å². The molecule has 1 aromatic heterocycles. The summed E-state index contributed by atoms with van der Waals surface area (Å²) in [6, 6.07) is 7.84. The predicted octanol–water partition coefficient (Wildman–Crippen LogP) is 3.84. The molecule has 0 atom stereocenters. The van der Waals surface area contributed by atoms with E-state index in [2.05, 4.69) is 23.8 Å². The molecule has 0 radical (unpaired) electrons. The van der Waals surface area contributed by atoms with Gasteiger partial charge in [-0.05, 0) is 17.5 Å². The zero-order valence-corrected chi connectivity index (χ0v) is 10.8. The van der Waals surface area contributed by atoms with Gasteiger partial charge in [-0.2, -0.15) is 0 Å². The fraction of sp³-hybridized carbons (Fsp3) is 0.286. The Hall–Kier alpha value is -1.41. The average Bonchev–Trinajstić information content (AvgIpc) is 2.32. The lowest BCUT2D eigenvalue weighted by Gasteiger charge is -2.07. The first-order chi connectivity index (χ1) is 8.16. The van der Waals surface area contributed by atoms with Gasteiger partial charge in [-0.1, -0.05) is 43.6 Å². The third-order valence-electron chi connectivity index (χ3n) is 2.62. The molecule has 3 heteroatoms. The van der Waals surface area contributed by atoms with Gasteiger partial charge in [0.05, 0.1) is 11.4 Å². The van der Waals surface area contributed by atoms with Crippen molar-refractivity contribution < 1.29 is 0 Å². The maximum atomic E-state index is 6.13. The second-order valence-corrected chi connectivity index (χ2v) is 4.77. The van der Waals surface area contributed by atoms with Gasteiger partial charge >= 0.3 is 0 Å². The average molecular weight is 247 g/mol. The number of halogens is 1. The van der Waals surface area contributed by atoms with Crippen molar-refractivity contribution in [3.8, 4) is 0 Å². The van der Waals surface area contributed by atoms with Crippen molar-refractivity contribution in [3.63, 3.8) is 0 Å². The molecule has 0 fully saturated rings. The zero-order valence-electron chi connectivity index (χ0n) is 10.0. The van der Waals surface area contributed by atoms with E-state index < -0.39 is 0 Å². The van der Waals surface area contributed by atoms with Crippen LogP contribution in [0.5, 0.6) is 0 Å². The number of nitrogens with zero attached hydrogens (tertiary/aromatic N) is 2. The quantitative estimate of drug-likeness (QED) is 0.822. The lowest BCUT2D eigenvalue weighted by molar-refractivity contribution is 0.796. The molecule has 0 bridgehead atoms. The monoisotopic (exact) mass is 246 g/mol. The molecule has 0 aliphatic rings. The van der Waals surface area contributed by atoms with E-state index in [4.69, 9.17) is 11.6 Å². The lowest BCUT2D eigenvalue weighted by Crippen LogP contribution is -2.00. The van der Waals surface area contributed by atoms with E-state index in [1.807, 2.05) is 30.5 Å². The van der Waals surface area contributed by atoms with Crippen LogP contribution in [0, 0.1) is 0 Å². The third kappa shape index (κ3) is 3.04. The summed E-state index contributed by atoms with van der Waals surface area (Å²) in [5.74, 6) is 0.397. The maximum Gasteiger partial charge on any atom is 0.0634 e. The molecule has 0 saturated carbocycles. The molecule has 1 aromatic carbocycles. The Morgan fingerprint density at radius 1 is 1.18 bits per heavy atom. The third-order valence-corrected chi connectivity index (χ3v) is 2.99. The number of hydrogen-bond donors (Lipinski definition) is 0. The smallest absolute Gasteiger partial charge is 0.0634 e. The summed E-state index contributed by atoms with van der Waals surface area (Å²) >= 11 is 6.13. The van der Waals surface area contributed by atoms with E-state index in [1.54, 1.807) is 6.20 Å². The van der Waals surface area contributed by atoms with Crippen molar-refractivity contribution in [1.82, 2.24) is 9.97 Å². The van der Waals surface area contributed by atoms with Crippen LogP contribution in [0.15, 0.2) is 36.7 Å². The van der Waals surface area contributed by atoms with Crippen molar-refractivity contribution in [2.45, 2.75) is 26.2 Å². The Morgan fingerprint density at radius 2 is 1.94 bits per heavy atom. The fourth-order valence-electron chi connectivity index (χ4n) is 1.62. The van der Waals surface area contributed by atoms with Gasteiger partial charge in [-0.15, -0.1) is 0 Å². The fourth-order valence-corrected chi connectivity index (χ4v) is 1.83. The Bertz CT molecular complexity index is 509. The van der Waals surface area contributed by atoms with Crippen molar-refractivity contribution in [2.75, 3.05) is 0 Å². The molecule has 0 amide bonds. The number of hydrogen-bond acceptors (Lipinski definition) is 2. The molecule has 2 rings (SSSR count). The highest BCUT2D eigenvalue weighted by Crippen LogP contribution is 2.18. The molecule has 0 spiro atoms. The molecule has 0 aliphatic carbocycles. The molecule has 0 saturated heterocycles. The van der Waals surface area contributed by atoms with Crippen LogP contribution in [0.2, 0.25) is 5.02 Å². The topological polar surface area (TPSA) is 25.8 Å². The Kier molecular flexibility index (Phi) is 3.75. The van der Waals surface area contributed by atoms with Gasteiger partial charge < -0.3 is 0 Å². The SMILES string of the molecule is CC(C)c1cncc(Cc2ccccc2Cl)n1. The van der Waals surface area contributed by atoms with E-state index in [1.165, 1.54) is 0 Å². The molecular formula is C14H15ClN2. The lowest BCUT2D eigenvalue weighted by atomic mass is 10.1. The van der Waals surface area contributed by atoms with Gasteiger partial charge in [0, 0.05) is 23.8 Å². The van der Waals surface area contributed by atoms with Gasteiger partial charge in [0.2, 0.25) is 0 Å². The Labute approximate surface area is 107 Å². The van der Waals surface area contributed by atoms with Crippen molar-refractivity contribution in [1.29, 1.82) is 0 Å². The number of aromatic nitrogens is 2. The standard InChI is InChI=1S/C14H15ClN2/c1-10(2)14-9-16-8-12(17-14)7-11-5-3-4-6-13(11)15/h3-6,8-10H,7H2,1-2H3. The molecule has 88 valence electrons. The first-order valence-electron chi connectivity index (χ1n) is 5.71. The molecule has 0 N–H and O–H groups in total. The van der Waals surface area contributed by atoms with E-state index in [9.17, 15) is 0 Å². The maximum absolute atomic E-state index is 6.13. The van der Waals surface area contributed by atoms with E-state index in [0.717, 1.165) is 28.4 Å². The summed E-state index contributed by atoms with van der Waals surface area (Å²) < 4.78 is 0.